The molecule has 0 bridgehead atoms. The fourth-order valence-corrected chi connectivity index (χ4v) is 3.13. The maximum absolute atomic E-state index is 12.3. The van der Waals surface area contributed by atoms with Crippen LogP contribution in [0.25, 0.3) is 0 Å². The number of carbonyl (C=O) groups excluding carboxylic acids is 1. The Kier molecular flexibility index (Phi) is 5.93. The number of nitrogens with one attached hydrogen (secondary N) is 2. The van der Waals surface area contributed by atoms with Gasteiger partial charge in [-0.15, -0.1) is 0 Å². The molecule has 2 aromatic heterocycles. The summed E-state index contributed by atoms with van der Waals surface area (Å²) in [5, 5.41) is 3.65. The Labute approximate surface area is 165 Å². The summed E-state index contributed by atoms with van der Waals surface area (Å²) < 4.78 is 1.90. The molecule has 0 spiro atoms. The third-order valence-corrected chi connectivity index (χ3v) is 4.76. The molecule has 9 heteroatoms. The number of H-pyrrole nitrogens is 1. The van der Waals surface area contributed by atoms with Gasteiger partial charge in [0.1, 0.15) is 17.2 Å². The number of carbonyl (C=O) groups is 1. The van der Waals surface area contributed by atoms with Crippen molar-refractivity contribution in [1.29, 1.82) is 0 Å². The van der Waals surface area contributed by atoms with Gasteiger partial charge in [0.15, 0.2) is 0 Å². The Bertz CT molecular complexity index is 1010. The molecule has 2 N–H and O–H groups in total. The molecule has 0 saturated carbocycles. The lowest BCUT2D eigenvalue weighted by molar-refractivity contribution is 0.0947. The molecule has 0 atom stereocenters. The molecule has 1 amide bonds. The smallest absolute Gasteiger partial charge is 0.263 e. The van der Waals surface area contributed by atoms with Gasteiger partial charge in [-0.05, 0) is 24.6 Å². The number of hydrogen-bond acceptors (Lipinski definition) is 4. The molecule has 0 fully saturated rings. The number of aromatic amines is 1. The van der Waals surface area contributed by atoms with E-state index in [1.807, 2.05) is 17.7 Å². The van der Waals surface area contributed by atoms with E-state index in [4.69, 9.17) is 23.2 Å². The number of aryl methyl sites for hydroxylation is 1. The van der Waals surface area contributed by atoms with E-state index in [-0.39, 0.29) is 18.5 Å². The summed E-state index contributed by atoms with van der Waals surface area (Å²) in [6.45, 7) is 2.94. The van der Waals surface area contributed by atoms with Crippen LogP contribution in [0.1, 0.15) is 34.5 Å². The highest BCUT2D eigenvalue weighted by molar-refractivity contribution is 6.36. The van der Waals surface area contributed by atoms with Gasteiger partial charge in [0.2, 0.25) is 0 Å². The number of aromatic nitrogens is 4. The molecular weight excluding hydrogens is 389 g/mol. The number of hydrogen-bond donors (Lipinski definition) is 2. The van der Waals surface area contributed by atoms with Crippen molar-refractivity contribution in [2.45, 2.75) is 26.4 Å². The summed E-state index contributed by atoms with van der Waals surface area (Å²) in [6, 6.07) is 5.16. The predicted octanol–water partition coefficient (Wildman–Crippen LogP) is 2.81. The van der Waals surface area contributed by atoms with Crippen LogP contribution in [0.4, 0.5) is 0 Å². The van der Waals surface area contributed by atoms with Crippen molar-refractivity contribution in [2.75, 3.05) is 0 Å². The molecule has 0 unspecified atom stereocenters. The van der Waals surface area contributed by atoms with Crippen LogP contribution in [0.3, 0.4) is 0 Å². The van der Waals surface area contributed by atoms with E-state index in [2.05, 4.69) is 20.3 Å². The van der Waals surface area contributed by atoms with E-state index in [0.29, 0.717) is 27.3 Å². The molecule has 3 rings (SSSR count). The highest BCUT2D eigenvalue weighted by Crippen LogP contribution is 2.25. The van der Waals surface area contributed by atoms with Crippen LogP contribution in [0.5, 0.6) is 0 Å². The molecule has 3 aromatic rings. The summed E-state index contributed by atoms with van der Waals surface area (Å²) >= 11 is 12.3. The molecule has 140 valence electrons. The standard InChI is InChI=1S/C18H17Cl2N5O2/c1-2-25-7-6-21-16(25)10-23-17(26)12-9-22-15(24-18(12)27)8-11-13(19)4-3-5-14(11)20/h3-7,9H,2,8,10H2,1H3,(H,23,26)(H,22,24,27). The van der Waals surface area contributed by atoms with Crippen molar-refractivity contribution in [3.05, 3.63) is 80.0 Å². The Balaban J connectivity index is 1.73. The first-order valence-electron chi connectivity index (χ1n) is 8.29. The lowest BCUT2D eigenvalue weighted by Crippen LogP contribution is -2.31. The van der Waals surface area contributed by atoms with Crippen LogP contribution in [0, 0.1) is 0 Å². The minimum absolute atomic E-state index is 0.0707. The van der Waals surface area contributed by atoms with E-state index < -0.39 is 11.5 Å². The zero-order valence-electron chi connectivity index (χ0n) is 14.5. The van der Waals surface area contributed by atoms with Crippen molar-refractivity contribution in [2.24, 2.45) is 0 Å². The highest BCUT2D eigenvalue weighted by atomic mass is 35.5. The molecule has 27 heavy (non-hydrogen) atoms. The molecule has 1 aromatic carbocycles. The van der Waals surface area contributed by atoms with Crippen molar-refractivity contribution in [1.82, 2.24) is 24.8 Å². The second-order valence-electron chi connectivity index (χ2n) is 5.76. The molecule has 0 aliphatic heterocycles. The minimum Gasteiger partial charge on any atom is -0.345 e. The molecule has 0 aliphatic carbocycles. The third kappa shape index (κ3) is 4.37. The maximum atomic E-state index is 12.3. The van der Waals surface area contributed by atoms with E-state index in [1.165, 1.54) is 6.20 Å². The summed E-state index contributed by atoms with van der Waals surface area (Å²) in [4.78, 5) is 35.5. The quantitative estimate of drug-likeness (QED) is 0.659. The SMILES string of the molecule is CCn1ccnc1CNC(=O)c1cnc(Cc2c(Cl)cccc2Cl)[nH]c1=O. The van der Waals surface area contributed by atoms with Gasteiger partial charge >= 0.3 is 0 Å². The number of imidazole rings is 1. The number of halogens is 2. The topological polar surface area (TPSA) is 92.7 Å². The van der Waals surface area contributed by atoms with Gasteiger partial charge in [-0.25, -0.2) is 9.97 Å². The summed E-state index contributed by atoms with van der Waals surface area (Å²) in [6.07, 6.45) is 4.99. The molecular formula is C18H17Cl2N5O2. The van der Waals surface area contributed by atoms with Crippen LogP contribution >= 0.6 is 23.2 Å². The van der Waals surface area contributed by atoms with Crippen molar-refractivity contribution < 1.29 is 4.79 Å². The first-order valence-corrected chi connectivity index (χ1v) is 9.04. The van der Waals surface area contributed by atoms with Crippen molar-refractivity contribution in [3.63, 3.8) is 0 Å². The third-order valence-electron chi connectivity index (χ3n) is 4.05. The lowest BCUT2D eigenvalue weighted by atomic mass is 10.1. The van der Waals surface area contributed by atoms with Gasteiger partial charge in [0.25, 0.3) is 11.5 Å². The molecule has 2 heterocycles. The zero-order chi connectivity index (χ0) is 19.4. The Morgan fingerprint density at radius 1 is 1.26 bits per heavy atom. The van der Waals surface area contributed by atoms with E-state index in [9.17, 15) is 9.59 Å². The average molecular weight is 406 g/mol. The van der Waals surface area contributed by atoms with Crippen LogP contribution in [-0.4, -0.2) is 25.4 Å². The summed E-state index contributed by atoms with van der Waals surface area (Å²) in [5.41, 5.74) is 0.0608. The summed E-state index contributed by atoms with van der Waals surface area (Å²) in [5.74, 6) is 0.560. The van der Waals surface area contributed by atoms with Crippen LogP contribution in [-0.2, 0) is 19.5 Å². The average Bonchev–Trinajstić information content (AvgIpc) is 3.10. The molecule has 0 radical (unpaired) electrons. The summed E-state index contributed by atoms with van der Waals surface area (Å²) in [7, 11) is 0. The van der Waals surface area contributed by atoms with Crippen LogP contribution < -0.4 is 10.9 Å². The van der Waals surface area contributed by atoms with Gasteiger partial charge in [-0.3, -0.25) is 9.59 Å². The lowest BCUT2D eigenvalue weighted by Gasteiger charge is -2.08. The Morgan fingerprint density at radius 3 is 2.67 bits per heavy atom. The van der Waals surface area contributed by atoms with Gasteiger partial charge in [-0.2, -0.15) is 0 Å². The fourth-order valence-electron chi connectivity index (χ4n) is 2.60. The first-order chi connectivity index (χ1) is 13.0. The van der Waals surface area contributed by atoms with Crippen molar-refractivity contribution in [3.8, 4) is 0 Å². The van der Waals surface area contributed by atoms with Crippen LogP contribution in [0.2, 0.25) is 10.0 Å². The highest BCUT2D eigenvalue weighted by Gasteiger charge is 2.14. The largest absolute Gasteiger partial charge is 0.345 e. The molecule has 0 saturated heterocycles. The number of amides is 1. The number of nitrogens with zero attached hydrogens (tertiary/aromatic N) is 3. The molecule has 0 aliphatic rings. The Hall–Kier alpha value is -2.64. The van der Waals surface area contributed by atoms with Crippen molar-refractivity contribution >= 4 is 29.1 Å². The predicted molar refractivity (Wildman–Crippen MR) is 103 cm³/mol. The van der Waals surface area contributed by atoms with Gasteiger partial charge in [0.05, 0.1) is 6.54 Å². The first kappa shape index (κ1) is 19.1. The zero-order valence-corrected chi connectivity index (χ0v) is 16.0. The Morgan fingerprint density at radius 2 is 2.00 bits per heavy atom. The van der Waals surface area contributed by atoms with Gasteiger partial charge < -0.3 is 14.9 Å². The minimum atomic E-state index is -0.528. The molecule has 7 nitrogen and oxygen atoms in total. The van der Waals surface area contributed by atoms with Gasteiger partial charge in [0, 0.05) is 41.6 Å². The van der Waals surface area contributed by atoms with E-state index in [0.717, 1.165) is 6.54 Å². The monoisotopic (exact) mass is 405 g/mol. The second-order valence-corrected chi connectivity index (χ2v) is 6.58. The number of rotatable bonds is 6. The van der Waals surface area contributed by atoms with Crippen LogP contribution in [0.15, 0.2) is 41.6 Å². The second kappa shape index (κ2) is 8.37. The fraction of sp³-hybridized carbons (Fsp3) is 0.222. The number of benzene rings is 1. The van der Waals surface area contributed by atoms with E-state index >= 15 is 0 Å². The van der Waals surface area contributed by atoms with E-state index in [1.54, 1.807) is 24.4 Å². The van der Waals surface area contributed by atoms with Gasteiger partial charge in [-0.1, -0.05) is 29.3 Å². The maximum Gasteiger partial charge on any atom is 0.263 e. The normalized spacial score (nSPS) is 10.8.